The third-order valence-corrected chi connectivity index (χ3v) is 5.32. The summed E-state index contributed by atoms with van der Waals surface area (Å²) in [4.78, 5) is 23.8. The molecule has 1 atom stereocenters. The fourth-order valence-corrected chi connectivity index (χ4v) is 3.59. The molecule has 2 N–H and O–H groups in total. The summed E-state index contributed by atoms with van der Waals surface area (Å²) in [5.41, 5.74) is 1.47. The summed E-state index contributed by atoms with van der Waals surface area (Å²) in [7, 11) is 1.60. The minimum absolute atomic E-state index is 0.178. The van der Waals surface area contributed by atoms with Crippen LogP contribution >= 0.6 is 0 Å². The van der Waals surface area contributed by atoms with Gasteiger partial charge in [-0.05, 0) is 18.6 Å². The second kappa shape index (κ2) is 11.3. The molecule has 0 radical (unpaired) electrons. The summed E-state index contributed by atoms with van der Waals surface area (Å²) in [5.74, 6) is 0.935. The predicted octanol–water partition coefficient (Wildman–Crippen LogP) is 3.00. The maximum atomic E-state index is 13.4. The fourth-order valence-electron chi connectivity index (χ4n) is 3.59. The number of anilines is 3. The van der Waals surface area contributed by atoms with Crippen LogP contribution in [0.5, 0.6) is 0 Å². The number of nitriles is 1. The standard InChI is InChI=1S/C23H26N6O5/c1-31-8-6-25-19-11-20(26-13-17(19)12-24)28-23(30)29(14-16-5-7-32-15-16)21-4-2-3-18(27-21)22-33-9-10-34-22/h2-4,9-11,13,16,22H,5-8,14-15H2,1H3,(H2,25,26,28,30)/t16-/m1/s1. The lowest BCUT2D eigenvalue weighted by atomic mass is 10.1. The van der Waals surface area contributed by atoms with Crippen molar-refractivity contribution in [2.75, 3.05) is 55.6 Å². The Morgan fingerprint density at radius 2 is 2.21 bits per heavy atom. The Bertz CT molecular complexity index is 1060. The number of carbonyl (C=O) groups excluding carboxylic acids is 1. The predicted molar refractivity (Wildman–Crippen MR) is 123 cm³/mol. The zero-order valence-electron chi connectivity index (χ0n) is 18.8. The van der Waals surface area contributed by atoms with Crippen LogP contribution < -0.4 is 15.5 Å². The zero-order valence-corrected chi connectivity index (χ0v) is 18.8. The average molecular weight is 466 g/mol. The summed E-state index contributed by atoms with van der Waals surface area (Å²) in [6, 6.07) is 8.64. The van der Waals surface area contributed by atoms with E-state index in [4.69, 9.17) is 18.9 Å². The largest absolute Gasteiger partial charge is 0.454 e. The van der Waals surface area contributed by atoms with Gasteiger partial charge in [0.25, 0.3) is 6.29 Å². The number of rotatable bonds is 9. The van der Waals surface area contributed by atoms with Crippen LogP contribution in [0.15, 0.2) is 43.0 Å². The highest BCUT2D eigenvalue weighted by Crippen LogP contribution is 2.26. The molecule has 2 aromatic rings. The van der Waals surface area contributed by atoms with Crippen LogP contribution in [0, 0.1) is 17.2 Å². The Labute approximate surface area is 197 Å². The molecule has 0 saturated carbocycles. The number of hydrogen-bond donors (Lipinski definition) is 2. The quantitative estimate of drug-likeness (QED) is 0.535. The summed E-state index contributed by atoms with van der Waals surface area (Å²) in [6.07, 6.45) is 4.52. The number of amides is 2. The van der Waals surface area contributed by atoms with E-state index < -0.39 is 12.3 Å². The highest BCUT2D eigenvalue weighted by atomic mass is 16.7. The van der Waals surface area contributed by atoms with Gasteiger partial charge in [0.2, 0.25) is 0 Å². The number of carbonyl (C=O) groups is 1. The number of methoxy groups -OCH3 is 1. The minimum Gasteiger partial charge on any atom is -0.454 e. The van der Waals surface area contributed by atoms with Gasteiger partial charge < -0.3 is 24.3 Å². The van der Waals surface area contributed by atoms with Crippen LogP contribution in [0.1, 0.15) is 24.0 Å². The molecule has 1 fully saturated rings. The summed E-state index contributed by atoms with van der Waals surface area (Å²) in [6.45, 7) is 2.63. The van der Waals surface area contributed by atoms with E-state index in [1.54, 1.807) is 36.3 Å². The molecule has 11 heteroatoms. The Balaban J connectivity index is 1.55. The SMILES string of the molecule is COCCNc1cc(NC(=O)N(C[C@H]2CCOC2)c2cccc(C3OC=CO3)n2)ncc1C#N. The van der Waals surface area contributed by atoms with Gasteiger partial charge in [0.05, 0.1) is 24.5 Å². The van der Waals surface area contributed by atoms with E-state index >= 15 is 0 Å². The molecular formula is C23H26N6O5. The van der Waals surface area contributed by atoms with Gasteiger partial charge in [0.15, 0.2) is 0 Å². The van der Waals surface area contributed by atoms with E-state index in [2.05, 4.69) is 26.7 Å². The molecule has 0 aliphatic carbocycles. The number of hydrogen-bond acceptors (Lipinski definition) is 9. The molecule has 0 spiro atoms. The van der Waals surface area contributed by atoms with Crippen LogP contribution in [0.3, 0.4) is 0 Å². The number of urea groups is 1. The molecule has 34 heavy (non-hydrogen) atoms. The van der Waals surface area contributed by atoms with Crippen LogP contribution in [-0.4, -0.2) is 56.0 Å². The van der Waals surface area contributed by atoms with Crippen molar-refractivity contribution in [3.05, 3.63) is 54.2 Å². The van der Waals surface area contributed by atoms with Gasteiger partial charge in [-0.15, -0.1) is 0 Å². The van der Waals surface area contributed by atoms with Gasteiger partial charge in [-0.1, -0.05) is 6.07 Å². The summed E-state index contributed by atoms with van der Waals surface area (Å²) < 4.78 is 21.3. The second-order valence-electron chi connectivity index (χ2n) is 7.71. The smallest absolute Gasteiger partial charge is 0.328 e. The minimum atomic E-state index is -0.652. The van der Waals surface area contributed by atoms with E-state index in [9.17, 15) is 10.1 Å². The van der Waals surface area contributed by atoms with Crippen LogP contribution in [-0.2, 0) is 18.9 Å². The molecule has 2 aliphatic rings. The van der Waals surface area contributed by atoms with Gasteiger partial charge >= 0.3 is 6.03 Å². The van der Waals surface area contributed by atoms with Crippen molar-refractivity contribution in [1.29, 1.82) is 5.26 Å². The third-order valence-electron chi connectivity index (χ3n) is 5.32. The van der Waals surface area contributed by atoms with Crippen molar-refractivity contribution in [3.63, 3.8) is 0 Å². The zero-order chi connectivity index (χ0) is 23.8. The average Bonchev–Trinajstić information content (AvgIpc) is 3.58. The van der Waals surface area contributed by atoms with Gasteiger partial charge in [-0.3, -0.25) is 10.2 Å². The Kier molecular flexibility index (Phi) is 7.75. The summed E-state index contributed by atoms with van der Waals surface area (Å²) >= 11 is 0. The van der Waals surface area contributed by atoms with Crippen molar-refractivity contribution in [2.45, 2.75) is 12.7 Å². The number of aromatic nitrogens is 2. The first kappa shape index (κ1) is 23.3. The maximum absolute atomic E-state index is 13.4. The maximum Gasteiger partial charge on any atom is 0.328 e. The van der Waals surface area contributed by atoms with Gasteiger partial charge in [-0.2, -0.15) is 5.26 Å². The topological polar surface area (TPSA) is 131 Å². The lowest BCUT2D eigenvalue weighted by Crippen LogP contribution is -2.39. The molecule has 0 unspecified atom stereocenters. The molecule has 11 nitrogen and oxygen atoms in total. The molecule has 1 saturated heterocycles. The molecule has 178 valence electrons. The van der Waals surface area contributed by atoms with Crippen molar-refractivity contribution >= 4 is 23.4 Å². The molecule has 2 amide bonds. The van der Waals surface area contributed by atoms with Crippen LogP contribution in [0.25, 0.3) is 0 Å². The van der Waals surface area contributed by atoms with Crippen molar-refractivity contribution in [1.82, 2.24) is 9.97 Å². The number of ether oxygens (including phenoxy) is 4. The van der Waals surface area contributed by atoms with E-state index in [0.29, 0.717) is 61.5 Å². The van der Waals surface area contributed by atoms with Gasteiger partial charge in [0, 0.05) is 45.0 Å². The fraction of sp³-hybridized carbons (Fsp3) is 0.391. The number of nitrogens with one attached hydrogen (secondary N) is 2. The molecule has 4 heterocycles. The molecule has 2 aliphatic heterocycles. The van der Waals surface area contributed by atoms with Crippen molar-refractivity contribution < 1.29 is 23.7 Å². The Hall–Kier alpha value is -3.88. The highest BCUT2D eigenvalue weighted by Gasteiger charge is 2.26. The summed E-state index contributed by atoms with van der Waals surface area (Å²) in [5, 5.41) is 15.3. The third kappa shape index (κ3) is 5.72. The van der Waals surface area contributed by atoms with Crippen molar-refractivity contribution in [3.8, 4) is 6.07 Å². The number of pyridine rings is 2. The van der Waals surface area contributed by atoms with E-state index in [1.165, 1.54) is 18.7 Å². The van der Waals surface area contributed by atoms with E-state index in [0.717, 1.165) is 6.42 Å². The lowest BCUT2D eigenvalue weighted by Gasteiger charge is -2.25. The molecule has 4 rings (SSSR count). The van der Waals surface area contributed by atoms with Crippen LogP contribution in [0.4, 0.5) is 22.1 Å². The first-order chi connectivity index (χ1) is 16.7. The lowest BCUT2D eigenvalue weighted by molar-refractivity contribution is -0.0278. The van der Waals surface area contributed by atoms with Gasteiger partial charge in [0.1, 0.15) is 35.9 Å². The Morgan fingerprint density at radius 3 is 2.94 bits per heavy atom. The molecule has 0 bridgehead atoms. The first-order valence-corrected chi connectivity index (χ1v) is 10.9. The molecular weight excluding hydrogens is 440 g/mol. The number of nitrogens with zero attached hydrogens (tertiary/aromatic N) is 4. The van der Waals surface area contributed by atoms with Gasteiger partial charge in [-0.25, -0.2) is 14.8 Å². The molecule has 0 aromatic carbocycles. The Morgan fingerprint density at radius 1 is 1.35 bits per heavy atom. The van der Waals surface area contributed by atoms with E-state index in [1.807, 2.05) is 0 Å². The molecule has 2 aromatic heterocycles. The van der Waals surface area contributed by atoms with E-state index in [-0.39, 0.29) is 5.92 Å². The second-order valence-corrected chi connectivity index (χ2v) is 7.71. The van der Waals surface area contributed by atoms with Crippen molar-refractivity contribution in [2.24, 2.45) is 5.92 Å². The van der Waals surface area contributed by atoms with Crippen LogP contribution in [0.2, 0.25) is 0 Å². The highest BCUT2D eigenvalue weighted by molar-refractivity contribution is 6.00. The monoisotopic (exact) mass is 466 g/mol. The normalized spacial score (nSPS) is 17.0. The first-order valence-electron chi connectivity index (χ1n) is 10.9.